The van der Waals surface area contributed by atoms with E-state index in [1.807, 2.05) is 34.0 Å². The van der Waals surface area contributed by atoms with Crippen molar-refractivity contribution in [2.24, 2.45) is 17.6 Å². The predicted molar refractivity (Wildman–Crippen MR) is 125 cm³/mol. The van der Waals surface area contributed by atoms with Crippen LogP contribution in [0.15, 0.2) is 0 Å². The summed E-state index contributed by atoms with van der Waals surface area (Å²) in [4.78, 5) is 49.4. The Bertz CT molecular complexity index is 629. The lowest BCUT2D eigenvalue weighted by Gasteiger charge is -2.27. The summed E-state index contributed by atoms with van der Waals surface area (Å²) in [7, 11) is 0. The van der Waals surface area contributed by atoms with Gasteiger partial charge >= 0.3 is 5.97 Å². The lowest BCUT2D eigenvalue weighted by Crippen LogP contribution is -2.60. The summed E-state index contributed by atoms with van der Waals surface area (Å²) >= 11 is 1.55. The van der Waals surface area contributed by atoms with Gasteiger partial charge < -0.3 is 31.9 Å². The van der Waals surface area contributed by atoms with Crippen LogP contribution in [0.25, 0.3) is 0 Å². The Kier molecular flexibility index (Phi) is 14.2. The van der Waals surface area contributed by atoms with Crippen molar-refractivity contribution >= 4 is 35.5 Å². The molecule has 0 fully saturated rings. The fourth-order valence-electron chi connectivity index (χ4n) is 2.97. The zero-order valence-corrected chi connectivity index (χ0v) is 20.7. The molecule has 0 radical (unpaired) electrons. The topological polar surface area (TPSA) is 171 Å². The molecule has 0 aliphatic heterocycles. The maximum atomic E-state index is 12.9. The molecule has 0 aromatic carbocycles. The van der Waals surface area contributed by atoms with Gasteiger partial charge in [0.25, 0.3) is 0 Å². The van der Waals surface area contributed by atoms with Crippen LogP contribution in [0, 0.1) is 11.8 Å². The molecule has 32 heavy (non-hydrogen) atoms. The molecule has 0 aliphatic rings. The van der Waals surface area contributed by atoms with Crippen LogP contribution < -0.4 is 21.7 Å². The molecule has 0 heterocycles. The molecule has 7 N–H and O–H groups in total. The number of hydrogen-bond donors (Lipinski definition) is 6. The van der Waals surface area contributed by atoms with E-state index in [0.29, 0.717) is 18.6 Å². The van der Waals surface area contributed by atoms with E-state index in [9.17, 15) is 29.4 Å². The number of rotatable bonds is 15. The van der Waals surface area contributed by atoms with E-state index < -0.39 is 54.0 Å². The Morgan fingerprint density at radius 1 is 0.844 bits per heavy atom. The van der Waals surface area contributed by atoms with Crippen LogP contribution in [0.4, 0.5) is 0 Å². The lowest BCUT2D eigenvalue weighted by atomic mass is 10.0. The van der Waals surface area contributed by atoms with Crippen LogP contribution >= 0.6 is 11.8 Å². The predicted octanol–water partition coefficient (Wildman–Crippen LogP) is 0.0788. The SMILES string of the molecule is CSCCC(N)C(=O)NC(CC(C)C)C(=O)NC(C(=O)NC(CC(C)C)C(=O)O)C(C)O. The average molecular weight is 477 g/mol. The number of aliphatic hydroxyl groups excluding tert-OH is 1. The van der Waals surface area contributed by atoms with E-state index in [4.69, 9.17) is 5.73 Å². The summed E-state index contributed by atoms with van der Waals surface area (Å²) < 4.78 is 0. The van der Waals surface area contributed by atoms with E-state index in [2.05, 4.69) is 16.0 Å². The first-order valence-corrected chi connectivity index (χ1v) is 12.3. The van der Waals surface area contributed by atoms with Crippen molar-refractivity contribution in [3.63, 3.8) is 0 Å². The Balaban J connectivity index is 5.37. The van der Waals surface area contributed by atoms with Gasteiger partial charge in [0.05, 0.1) is 12.1 Å². The van der Waals surface area contributed by atoms with Gasteiger partial charge in [0, 0.05) is 0 Å². The highest BCUT2D eigenvalue weighted by atomic mass is 32.2. The van der Waals surface area contributed by atoms with Gasteiger partial charge in [-0.2, -0.15) is 11.8 Å². The molecule has 186 valence electrons. The molecule has 0 saturated carbocycles. The van der Waals surface area contributed by atoms with Crippen molar-refractivity contribution in [3.05, 3.63) is 0 Å². The third-order valence-corrected chi connectivity index (χ3v) is 5.34. The number of hydrogen-bond acceptors (Lipinski definition) is 7. The number of nitrogens with two attached hydrogens (primary N) is 1. The average Bonchev–Trinajstić information content (AvgIpc) is 2.67. The van der Waals surface area contributed by atoms with Crippen molar-refractivity contribution in [1.82, 2.24) is 16.0 Å². The van der Waals surface area contributed by atoms with Gasteiger partial charge in [-0.3, -0.25) is 14.4 Å². The first kappa shape index (κ1) is 30.1. The lowest BCUT2D eigenvalue weighted by molar-refractivity contribution is -0.143. The number of carbonyl (C=O) groups excluding carboxylic acids is 3. The van der Waals surface area contributed by atoms with Gasteiger partial charge in [0.15, 0.2) is 0 Å². The molecule has 10 nitrogen and oxygen atoms in total. The molecule has 3 amide bonds. The first-order chi connectivity index (χ1) is 14.8. The second kappa shape index (κ2) is 15.1. The number of thioether (sulfide) groups is 1. The second-order valence-corrected chi connectivity index (χ2v) is 9.82. The van der Waals surface area contributed by atoms with Crippen molar-refractivity contribution in [1.29, 1.82) is 0 Å². The fraction of sp³-hybridized carbons (Fsp3) is 0.810. The summed E-state index contributed by atoms with van der Waals surface area (Å²) in [6.45, 7) is 8.71. The second-order valence-electron chi connectivity index (χ2n) is 8.83. The van der Waals surface area contributed by atoms with E-state index in [1.54, 1.807) is 11.8 Å². The van der Waals surface area contributed by atoms with Crippen LogP contribution in [0.1, 0.15) is 53.9 Å². The minimum atomic E-state index is -1.38. The number of carboxylic acid groups (broad SMARTS) is 1. The summed E-state index contributed by atoms with van der Waals surface area (Å²) in [5.74, 6) is -2.38. The number of aliphatic carboxylic acids is 1. The van der Waals surface area contributed by atoms with Crippen molar-refractivity contribution in [2.45, 2.75) is 84.2 Å². The van der Waals surface area contributed by atoms with Crippen LogP contribution in [0.5, 0.6) is 0 Å². The van der Waals surface area contributed by atoms with Crippen LogP contribution in [-0.2, 0) is 19.2 Å². The van der Waals surface area contributed by atoms with E-state index >= 15 is 0 Å². The highest BCUT2D eigenvalue weighted by Gasteiger charge is 2.33. The van der Waals surface area contributed by atoms with Gasteiger partial charge in [-0.05, 0) is 50.0 Å². The molecule has 0 bridgehead atoms. The quantitative estimate of drug-likeness (QED) is 0.193. The zero-order valence-electron chi connectivity index (χ0n) is 19.9. The number of nitrogens with one attached hydrogen (secondary N) is 3. The monoisotopic (exact) mass is 476 g/mol. The van der Waals surface area contributed by atoms with Gasteiger partial charge in [-0.25, -0.2) is 4.79 Å². The molecule has 5 unspecified atom stereocenters. The third-order valence-electron chi connectivity index (χ3n) is 4.69. The van der Waals surface area contributed by atoms with Crippen molar-refractivity contribution < 1.29 is 29.4 Å². The maximum Gasteiger partial charge on any atom is 0.326 e. The Hall–Kier alpha value is -1.85. The van der Waals surface area contributed by atoms with Crippen molar-refractivity contribution in [3.8, 4) is 0 Å². The fourth-order valence-corrected chi connectivity index (χ4v) is 3.46. The molecule has 5 atom stereocenters. The molecule has 0 spiro atoms. The Labute approximate surface area is 194 Å². The summed E-state index contributed by atoms with van der Waals surface area (Å²) in [6, 6.07) is -4.26. The van der Waals surface area contributed by atoms with Crippen LogP contribution in [-0.4, -0.2) is 76.2 Å². The third kappa shape index (κ3) is 11.7. The number of aliphatic hydroxyl groups is 1. The van der Waals surface area contributed by atoms with Gasteiger partial charge in [0.1, 0.15) is 18.1 Å². The molecular formula is C21H40N4O6S. The minimum absolute atomic E-state index is 0.0111. The largest absolute Gasteiger partial charge is 0.480 e. The normalized spacial score (nSPS) is 16.1. The van der Waals surface area contributed by atoms with E-state index in [-0.39, 0.29) is 18.3 Å². The highest BCUT2D eigenvalue weighted by Crippen LogP contribution is 2.09. The van der Waals surface area contributed by atoms with Gasteiger partial charge in [-0.1, -0.05) is 27.7 Å². The first-order valence-electron chi connectivity index (χ1n) is 10.9. The molecule has 11 heteroatoms. The van der Waals surface area contributed by atoms with E-state index in [1.165, 1.54) is 6.92 Å². The summed E-state index contributed by atoms with van der Waals surface area (Å²) in [5.41, 5.74) is 5.89. The number of carboxylic acids is 1. The van der Waals surface area contributed by atoms with Crippen LogP contribution in [0.3, 0.4) is 0 Å². The minimum Gasteiger partial charge on any atom is -0.480 e. The molecule has 0 aromatic heterocycles. The van der Waals surface area contributed by atoms with Gasteiger partial charge in [-0.15, -0.1) is 0 Å². The molecule has 0 saturated heterocycles. The summed E-state index contributed by atoms with van der Waals surface area (Å²) in [5, 5.41) is 26.9. The van der Waals surface area contributed by atoms with Crippen molar-refractivity contribution in [2.75, 3.05) is 12.0 Å². The maximum absolute atomic E-state index is 12.9. The standard InChI is InChI=1S/C21H40N4O6S/c1-11(2)9-15(23-18(27)14(22)7-8-32-6)19(28)25-17(13(5)26)20(29)24-16(21(30)31)10-12(3)4/h11-17,26H,7-10,22H2,1-6H3,(H,23,27)(H,24,29)(H,25,28)(H,30,31). The van der Waals surface area contributed by atoms with E-state index in [0.717, 1.165) is 0 Å². The molecule has 0 aromatic rings. The Morgan fingerprint density at radius 3 is 1.78 bits per heavy atom. The Morgan fingerprint density at radius 2 is 1.34 bits per heavy atom. The molecule has 0 aliphatic carbocycles. The van der Waals surface area contributed by atoms with Crippen LogP contribution in [0.2, 0.25) is 0 Å². The summed E-state index contributed by atoms with van der Waals surface area (Å²) in [6.07, 6.45) is 1.56. The highest BCUT2D eigenvalue weighted by molar-refractivity contribution is 7.98. The smallest absolute Gasteiger partial charge is 0.326 e. The van der Waals surface area contributed by atoms with Gasteiger partial charge in [0.2, 0.25) is 17.7 Å². The molecular weight excluding hydrogens is 436 g/mol. The number of carbonyl (C=O) groups is 4. The molecule has 0 rings (SSSR count). The zero-order chi connectivity index (χ0) is 25.0. The number of amides is 3.